The molecule has 3 heteroatoms. The van der Waals surface area contributed by atoms with Crippen molar-refractivity contribution in [3.63, 3.8) is 0 Å². The van der Waals surface area contributed by atoms with E-state index < -0.39 is 0 Å². The molecule has 2 rings (SSSR count). The first-order valence-corrected chi connectivity index (χ1v) is 6.16. The van der Waals surface area contributed by atoms with E-state index in [1.54, 1.807) is 0 Å². The summed E-state index contributed by atoms with van der Waals surface area (Å²) in [5.74, 6) is 2.23. The van der Waals surface area contributed by atoms with E-state index in [2.05, 4.69) is 24.2 Å². The van der Waals surface area contributed by atoms with Gasteiger partial charge in [-0.05, 0) is 42.9 Å². The van der Waals surface area contributed by atoms with Crippen molar-refractivity contribution in [3.8, 4) is 0 Å². The first-order valence-electron chi connectivity index (χ1n) is 6.16. The fraction of sp³-hybridized carbons (Fsp3) is 0.917. The van der Waals surface area contributed by atoms with Gasteiger partial charge in [0.1, 0.15) is 0 Å². The molecule has 2 aliphatic rings. The Morgan fingerprint density at radius 1 is 1.47 bits per heavy atom. The van der Waals surface area contributed by atoms with Crippen LogP contribution in [0, 0.1) is 17.3 Å². The average Bonchev–Trinajstić information content (AvgIpc) is 3.01. The molecular formula is C12H23N3. The van der Waals surface area contributed by atoms with E-state index in [0.29, 0.717) is 17.3 Å². The van der Waals surface area contributed by atoms with E-state index in [0.717, 1.165) is 19.0 Å². The Balaban J connectivity index is 1.73. The summed E-state index contributed by atoms with van der Waals surface area (Å²) in [4.78, 5) is 4.47. The van der Waals surface area contributed by atoms with Crippen molar-refractivity contribution in [1.82, 2.24) is 5.32 Å². The summed E-state index contributed by atoms with van der Waals surface area (Å²) in [7, 11) is 0. The van der Waals surface area contributed by atoms with Gasteiger partial charge in [0.15, 0.2) is 5.96 Å². The second-order valence-electron chi connectivity index (χ2n) is 5.61. The third-order valence-corrected chi connectivity index (χ3v) is 3.59. The van der Waals surface area contributed by atoms with Crippen molar-refractivity contribution in [3.05, 3.63) is 0 Å². The quantitative estimate of drug-likeness (QED) is 0.535. The standard InChI is InChI=1S/C12H23N3/c1-9(2)7-14-11(13)15-8-12(5-6-12)10-3-4-10/h9-10H,3-8H2,1-2H3,(H3,13,14,15). The van der Waals surface area contributed by atoms with Crippen LogP contribution >= 0.6 is 0 Å². The molecule has 0 saturated heterocycles. The van der Waals surface area contributed by atoms with Crippen molar-refractivity contribution in [1.29, 1.82) is 0 Å². The van der Waals surface area contributed by atoms with E-state index >= 15 is 0 Å². The molecule has 0 spiro atoms. The fourth-order valence-electron chi connectivity index (χ4n) is 2.16. The minimum absolute atomic E-state index is 0.574. The molecule has 0 heterocycles. The number of guanidine groups is 1. The number of hydrogen-bond acceptors (Lipinski definition) is 1. The maximum absolute atomic E-state index is 5.82. The molecule has 0 aromatic heterocycles. The monoisotopic (exact) mass is 209 g/mol. The van der Waals surface area contributed by atoms with Crippen LogP contribution in [0.15, 0.2) is 4.99 Å². The highest BCUT2D eigenvalue weighted by Crippen LogP contribution is 2.61. The normalized spacial score (nSPS) is 24.3. The molecule has 0 aromatic rings. The Labute approximate surface area is 92.5 Å². The number of nitrogens with one attached hydrogen (secondary N) is 1. The average molecular weight is 209 g/mol. The van der Waals surface area contributed by atoms with Crippen molar-refractivity contribution in [2.24, 2.45) is 28.0 Å². The molecule has 0 atom stereocenters. The summed E-state index contributed by atoms with van der Waals surface area (Å²) in [6.45, 7) is 6.22. The number of aliphatic imine (C=N–C) groups is 1. The van der Waals surface area contributed by atoms with Gasteiger partial charge in [-0.15, -0.1) is 0 Å². The topological polar surface area (TPSA) is 50.4 Å². The van der Waals surface area contributed by atoms with Gasteiger partial charge < -0.3 is 11.1 Å². The van der Waals surface area contributed by atoms with Gasteiger partial charge in [0, 0.05) is 13.1 Å². The van der Waals surface area contributed by atoms with Gasteiger partial charge in [0.05, 0.1) is 0 Å². The summed E-state index contributed by atoms with van der Waals surface area (Å²) in [5.41, 5.74) is 6.39. The summed E-state index contributed by atoms with van der Waals surface area (Å²) in [5, 5.41) is 3.17. The van der Waals surface area contributed by atoms with Gasteiger partial charge in [-0.1, -0.05) is 13.8 Å². The first kappa shape index (κ1) is 10.8. The fourth-order valence-corrected chi connectivity index (χ4v) is 2.16. The molecule has 86 valence electrons. The van der Waals surface area contributed by atoms with Crippen LogP contribution in [-0.4, -0.2) is 19.0 Å². The Morgan fingerprint density at radius 3 is 2.60 bits per heavy atom. The number of nitrogens with two attached hydrogens (primary N) is 1. The molecular weight excluding hydrogens is 186 g/mol. The second-order valence-corrected chi connectivity index (χ2v) is 5.61. The molecule has 0 aliphatic heterocycles. The molecule has 15 heavy (non-hydrogen) atoms. The maximum Gasteiger partial charge on any atom is 0.188 e. The van der Waals surface area contributed by atoms with Crippen LogP contribution in [-0.2, 0) is 0 Å². The SMILES string of the molecule is CC(C)CNC(N)=NCC1(C2CC2)CC1. The summed E-state index contributed by atoms with van der Waals surface area (Å²) in [6, 6.07) is 0. The van der Waals surface area contributed by atoms with E-state index in [9.17, 15) is 0 Å². The van der Waals surface area contributed by atoms with Crippen LogP contribution in [0.5, 0.6) is 0 Å². The Morgan fingerprint density at radius 2 is 2.13 bits per heavy atom. The number of nitrogens with zero attached hydrogens (tertiary/aromatic N) is 1. The molecule has 0 unspecified atom stereocenters. The molecule has 3 N–H and O–H groups in total. The smallest absolute Gasteiger partial charge is 0.188 e. The van der Waals surface area contributed by atoms with Crippen LogP contribution in [0.2, 0.25) is 0 Å². The van der Waals surface area contributed by atoms with E-state index in [-0.39, 0.29) is 0 Å². The van der Waals surface area contributed by atoms with Crippen LogP contribution in [0.1, 0.15) is 39.5 Å². The van der Waals surface area contributed by atoms with Gasteiger partial charge in [-0.2, -0.15) is 0 Å². The number of hydrogen-bond donors (Lipinski definition) is 2. The minimum Gasteiger partial charge on any atom is -0.370 e. The molecule has 3 nitrogen and oxygen atoms in total. The molecule has 0 aromatic carbocycles. The van der Waals surface area contributed by atoms with Crippen molar-refractivity contribution in [2.45, 2.75) is 39.5 Å². The van der Waals surface area contributed by atoms with Gasteiger partial charge in [-0.3, -0.25) is 4.99 Å². The zero-order valence-corrected chi connectivity index (χ0v) is 9.92. The van der Waals surface area contributed by atoms with E-state index in [1.807, 2.05) is 0 Å². The predicted octanol–water partition coefficient (Wildman–Crippen LogP) is 1.74. The summed E-state index contributed by atoms with van der Waals surface area (Å²) < 4.78 is 0. The van der Waals surface area contributed by atoms with Crippen LogP contribution < -0.4 is 11.1 Å². The number of rotatable bonds is 5. The molecule has 2 fully saturated rings. The predicted molar refractivity (Wildman–Crippen MR) is 63.7 cm³/mol. The molecule has 0 amide bonds. The Kier molecular flexibility index (Phi) is 2.89. The zero-order valence-electron chi connectivity index (χ0n) is 9.92. The molecule has 0 radical (unpaired) electrons. The van der Waals surface area contributed by atoms with Gasteiger partial charge in [0.2, 0.25) is 0 Å². The van der Waals surface area contributed by atoms with E-state index in [1.165, 1.54) is 25.7 Å². The Hall–Kier alpha value is -0.730. The second kappa shape index (κ2) is 4.03. The first-order chi connectivity index (χ1) is 7.12. The van der Waals surface area contributed by atoms with Gasteiger partial charge in [-0.25, -0.2) is 0 Å². The summed E-state index contributed by atoms with van der Waals surface area (Å²) in [6.07, 6.45) is 5.60. The zero-order chi connectivity index (χ0) is 10.9. The van der Waals surface area contributed by atoms with Crippen molar-refractivity contribution >= 4 is 5.96 Å². The van der Waals surface area contributed by atoms with Crippen LogP contribution in [0.3, 0.4) is 0 Å². The lowest BCUT2D eigenvalue weighted by atomic mass is 10.0. The molecule has 0 bridgehead atoms. The maximum atomic E-state index is 5.82. The highest BCUT2D eigenvalue weighted by molar-refractivity contribution is 5.77. The minimum atomic E-state index is 0.574. The molecule has 2 aliphatic carbocycles. The third kappa shape index (κ3) is 2.86. The highest BCUT2D eigenvalue weighted by Gasteiger charge is 2.53. The molecule has 2 saturated carbocycles. The lowest BCUT2D eigenvalue weighted by Gasteiger charge is -2.12. The van der Waals surface area contributed by atoms with Crippen molar-refractivity contribution < 1.29 is 0 Å². The van der Waals surface area contributed by atoms with Crippen LogP contribution in [0.25, 0.3) is 0 Å². The lowest BCUT2D eigenvalue weighted by molar-refractivity contribution is 0.453. The van der Waals surface area contributed by atoms with Crippen LogP contribution in [0.4, 0.5) is 0 Å². The van der Waals surface area contributed by atoms with E-state index in [4.69, 9.17) is 5.73 Å². The van der Waals surface area contributed by atoms with Crippen molar-refractivity contribution in [2.75, 3.05) is 13.1 Å². The van der Waals surface area contributed by atoms with Gasteiger partial charge >= 0.3 is 0 Å². The van der Waals surface area contributed by atoms with Gasteiger partial charge in [0.25, 0.3) is 0 Å². The Bertz CT molecular complexity index is 250. The lowest BCUT2D eigenvalue weighted by Crippen LogP contribution is -2.35. The summed E-state index contributed by atoms with van der Waals surface area (Å²) >= 11 is 0. The largest absolute Gasteiger partial charge is 0.370 e. The third-order valence-electron chi connectivity index (χ3n) is 3.59. The highest BCUT2D eigenvalue weighted by atomic mass is 15.1.